The number of sulfonamides is 1. The van der Waals surface area contributed by atoms with Crippen molar-refractivity contribution >= 4 is 44.5 Å². The van der Waals surface area contributed by atoms with E-state index in [0.29, 0.717) is 29.2 Å². The fourth-order valence-corrected chi connectivity index (χ4v) is 5.40. The Kier molecular flexibility index (Phi) is 6.75. The van der Waals surface area contributed by atoms with Crippen molar-refractivity contribution in [1.29, 1.82) is 0 Å². The molecular weight excluding hydrogens is 465 g/mol. The van der Waals surface area contributed by atoms with Gasteiger partial charge in [0.2, 0.25) is 5.91 Å². The second kappa shape index (κ2) is 9.72. The fraction of sp³-hybridized carbons (Fsp3) is 0.217. The van der Waals surface area contributed by atoms with Crippen LogP contribution >= 0.6 is 11.3 Å². The van der Waals surface area contributed by atoms with E-state index in [-0.39, 0.29) is 16.7 Å². The smallest absolute Gasteiger partial charge is 0.264 e. The molecule has 1 fully saturated rings. The SMILES string of the molecule is O=C(Nc1ccc(NS(=O)(=O)c2ccc(F)cc2)cc1)C1CCCCN1C(=O)c1cccs1. The summed E-state index contributed by atoms with van der Waals surface area (Å²) in [5.74, 6) is -0.947. The molecule has 2 heterocycles. The number of thiophene rings is 1. The standard InChI is InChI=1S/C23H22FN3O4S2/c24-16-6-12-19(13-7-16)33(30,31)26-18-10-8-17(9-11-18)25-22(28)20-4-1-2-14-27(20)23(29)21-5-3-15-32-21/h3,5-13,15,20,26H,1-2,4,14H2,(H,25,28). The predicted molar refractivity (Wildman–Crippen MR) is 125 cm³/mol. The van der Waals surface area contributed by atoms with Gasteiger partial charge < -0.3 is 10.2 Å². The van der Waals surface area contributed by atoms with Crippen LogP contribution in [0.3, 0.4) is 0 Å². The fourth-order valence-electron chi connectivity index (χ4n) is 3.66. The molecule has 1 unspecified atom stereocenters. The highest BCUT2D eigenvalue weighted by Gasteiger charge is 2.33. The van der Waals surface area contributed by atoms with Crippen molar-refractivity contribution in [3.05, 3.63) is 76.7 Å². The molecule has 0 saturated carbocycles. The van der Waals surface area contributed by atoms with E-state index in [9.17, 15) is 22.4 Å². The van der Waals surface area contributed by atoms with Gasteiger partial charge in [0.15, 0.2) is 0 Å². The summed E-state index contributed by atoms with van der Waals surface area (Å²) in [5.41, 5.74) is 0.781. The third kappa shape index (κ3) is 5.40. The number of carbonyl (C=O) groups is 2. The molecule has 2 N–H and O–H groups in total. The van der Waals surface area contributed by atoms with Crippen LogP contribution in [0.25, 0.3) is 0 Å². The number of nitrogens with zero attached hydrogens (tertiary/aromatic N) is 1. The van der Waals surface area contributed by atoms with Gasteiger partial charge in [0.25, 0.3) is 15.9 Å². The second-order valence-corrected chi connectivity index (χ2v) is 10.2. The largest absolute Gasteiger partial charge is 0.326 e. The molecule has 2 amide bonds. The lowest BCUT2D eigenvalue weighted by atomic mass is 10.0. The maximum absolute atomic E-state index is 13.1. The lowest BCUT2D eigenvalue weighted by Gasteiger charge is -2.34. The van der Waals surface area contributed by atoms with Crippen LogP contribution in [0.1, 0.15) is 28.9 Å². The minimum absolute atomic E-state index is 0.0610. The summed E-state index contributed by atoms with van der Waals surface area (Å²) in [7, 11) is -3.87. The van der Waals surface area contributed by atoms with E-state index >= 15 is 0 Å². The lowest BCUT2D eigenvalue weighted by molar-refractivity contribution is -0.121. The Bertz CT molecular complexity index is 1230. The quantitative estimate of drug-likeness (QED) is 0.541. The van der Waals surface area contributed by atoms with Crippen molar-refractivity contribution in [2.75, 3.05) is 16.6 Å². The zero-order valence-corrected chi connectivity index (χ0v) is 19.2. The van der Waals surface area contributed by atoms with E-state index in [1.165, 1.54) is 35.6 Å². The lowest BCUT2D eigenvalue weighted by Crippen LogP contribution is -2.49. The first kappa shape index (κ1) is 22.9. The van der Waals surface area contributed by atoms with Gasteiger partial charge >= 0.3 is 0 Å². The summed E-state index contributed by atoms with van der Waals surface area (Å²) in [6, 6.07) is 13.7. The highest BCUT2D eigenvalue weighted by Crippen LogP contribution is 2.24. The molecule has 172 valence electrons. The summed E-state index contributed by atoms with van der Waals surface area (Å²) in [4.78, 5) is 27.9. The second-order valence-electron chi connectivity index (χ2n) is 7.61. The molecule has 33 heavy (non-hydrogen) atoms. The average molecular weight is 488 g/mol. The summed E-state index contributed by atoms with van der Waals surface area (Å²) in [5, 5.41) is 4.65. The molecule has 0 bridgehead atoms. The summed E-state index contributed by atoms with van der Waals surface area (Å²) < 4.78 is 40.4. The third-order valence-electron chi connectivity index (χ3n) is 5.33. The van der Waals surface area contributed by atoms with Gasteiger partial charge in [0, 0.05) is 17.9 Å². The molecule has 0 radical (unpaired) electrons. The highest BCUT2D eigenvalue weighted by molar-refractivity contribution is 7.92. The van der Waals surface area contributed by atoms with Crippen LogP contribution in [0, 0.1) is 5.82 Å². The predicted octanol–water partition coefficient (Wildman–Crippen LogP) is 4.32. The maximum Gasteiger partial charge on any atom is 0.264 e. The number of nitrogens with one attached hydrogen (secondary N) is 2. The van der Waals surface area contributed by atoms with Crippen LogP contribution < -0.4 is 10.0 Å². The molecule has 1 atom stereocenters. The monoisotopic (exact) mass is 487 g/mol. The number of amides is 2. The van der Waals surface area contributed by atoms with Gasteiger partial charge in [-0.05, 0) is 79.2 Å². The third-order valence-corrected chi connectivity index (χ3v) is 7.58. The Labute approximate surface area is 195 Å². The summed E-state index contributed by atoms with van der Waals surface area (Å²) in [6.07, 6.45) is 2.29. The zero-order chi connectivity index (χ0) is 23.4. The van der Waals surface area contributed by atoms with Gasteiger partial charge in [-0.25, -0.2) is 12.8 Å². The number of hydrogen-bond donors (Lipinski definition) is 2. The average Bonchev–Trinajstić information content (AvgIpc) is 3.35. The minimum Gasteiger partial charge on any atom is -0.326 e. The van der Waals surface area contributed by atoms with Gasteiger partial charge in [-0.1, -0.05) is 6.07 Å². The molecule has 0 spiro atoms. The molecule has 1 aliphatic rings. The normalized spacial score (nSPS) is 16.3. The van der Waals surface area contributed by atoms with Gasteiger partial charge in [0.05, 0.1) is 9.77 Å². The van der Waals surface area contributed by atoms with Crippen molar-refractivity contribution in [1.82, 2.24) is 4.90 Å². The number of benzene rings is 2. The van der Waals surface area contributed by atoms with E-state index in [1.54, 1.807) is 23.1 Å². The van der Waals surface area contributed by atoms with Crippen LogP contribution in [0.15, 0.2) is 70.9 Å². The molecule has 1 saturated heterocycles. The number of likely N-dealkylation sites (tertiary alicyclic amines) is 1. The van der Waals surface area contributed by atoms with Gasteiger partial charge in [-0.15, -0.1) is 11.3 Å². The molecular formula is C23H22FN3O4S2. The molecule has 1 aromatic heterocycles. The van der Waals surface area contributed by atoms with Crippen molar-refractivity contribution < 1.29 is 22.4 Å². The first-order valence-electron chi connectivity index (χ1n) is 10.4. The van der Waals surface area contributed by atoms with E-state index in [2.05, 4.69) is 10.0 Å². The maximum atomic E-state index is 13.1. The van der Waals surface area contributed by atoms with Gasteiger partial charge in [-0.3, -0.25) is 14.3 Å². The number of hydrogen-bond acceptors (Lipinski definition) is 5. The van der Waals surface area contributed by atoms with Crippen molar-refractivity contribution in [3.63, 3.8) is 0 Å². The molecule has 0 aliphatic carbocycles. The van der Waals surface area contributed by atoms with Crippen LogP contribution in [-0.2, 0) is 14.8 Å². The van der Waals surface area contributed by atoms with Crippen LogP contribution in [0.5, 0.6) is 0 Å². The van der Waals surface area contributed by atoms with E-state index in [1.807, 2.05) is 11.4 Å². The van der Waals surface area contributed by atoms with Gasteiger partial charge in [0.1, 0.15) is 11.9 Å². The Balaban J connectivity index is 1.42. The van der Waals surface area contributed by atoms with E-state index in [0.717, 1.165) is 25.0 Å². The highest BCUT2D eigenvalue weighted by atomic mass is 32.2. The first-order valence-corrected chi connectivity index (χ1v) is 12.7. The Morgan fingerprint density at radius 1 is 0.970 bits per heavy atom. The topological polar surface area (TPSA) is 95.6 Å². The molecule has 7 nitrogen and oxygen atoms in total. The summed E-state index contributed by atoms with van der Waals surface area (Å²) >= 11 is 1.35. The van der Waals surface area contributed by atoms with Crippen LogP contribution in [0.2, 0.25) is 0 Å². The summed E-state index contributed by atoms with van der Waals surface area (Å²) in [6.45, 7) is 0.527. The Morgan fingerprint density at radius 3 is 2.33 bits per heavy atom. The Morgan fingerprint density at radius 2 is 1.67 bits per heavy atom. The van der Waals surface area contributed by atoms with E-state index in [4.69, 9.17) is 0 Å². The molecule has 1 aliphatic heterocycles. The van der Waals surface area contributed by atoms with Crippen LogP contribution in [-0.4, -0.2) is 37.7 Å². The van der Waals surface area contributed by atoms with Crippen molar-refractivity contribution in [2.24, 2.45) is 0 Å². The number of piperidine rings is 1. The number of anilines is 2. The number of carbonyl (C=O) groups excluding carboxylic acids is 2. The minimum atomic E-state index is -3.87. The van der Waals surface area contributed by atoms with Crippen LogP contribution in [0.4, 0.5) is 15.8 Å². The Hall–Kier alpha value is -3.24. The van der Waals surface area contributed by atoms with E-state index < -0.39 is 21.9 Å². The van der Waals surface area contributed by atoms with Crippen molar-refractivity contribution in [3.8, 4) is 0 Å². The first-order chi connectivity index (χ1) is 15.8. The van der Waals surface area contributed by atoms with Crippen molar-refractivity contribution in [2.45, 2.75) is 30.2 Å². The molecule has 2 aromatic carbocycles. The molecule has 3 aromatic rings. The van der Waals surface area contributed by atoms with Gasteiger partial charge in [-0.2, -0.15) is 0 Å². The number of halogens is 1. The zero-order valence-electron chi connectivity index (χ0n) is 17.5. The molecule has 10 heteroatoms. The molecule has 4 rings (SSSR count). The number of rotatable bonds is 6.